The number of aryl methyl sites for hydroxylation is 1. The van der Waals surface area contributed by atoms with Gasteiger partial charge in [0.2, 0.25) is 5.76 Å². The normalized spacial score (nSPS) is 15.4. The van der Waals surface area contributed by atoms with Gasteiger partial charge in [-0.3, -0.25) is 9.59 Å². The highest BCUT2D eigenvalue weighted by Crippen LogP contribution is 2.40. The summed E-state index contributed by atoms with van der Waals surface area (Å²) in [5, 5.41) is 1.41. The van der Waals surface area contributed by atoms with Crippen LogP contribution in [0.25, 0.3) is 11.0 Å². The van der Waals surface area contributed by atoms with Gasteiger partial charge in [0.1, 0.15) is 5.58 Å². The average molecular weight is 492 g/mol. The summed E-state index contributed by atoms with van der Waals surface area (Å²) in [6.45, 7) is 6.33. The van der Waals surface area contributed by atoms with E-state index in [1.807, 2.05) is 49.4 Å². The van der Waals surface area contributed by atoms with E-state index in [0.717, 1.165) is 16.7 Å². The molecule has 1 aliphatic rings. The molecule has 4 nitrogen and oxygen atoms in total. The van der Waals surface area contributed by atoms with Gasteiger partial charge in [0.25, 0.3) is 5.91 Å². The van der Waals surface area contributed by atoms with Gasteiger partial charge < -0.3 is 9.32 Å². The molecule has 1 unspecified atom stereocenters. The van der Waals surface area contributed by atoms with E-state index in [4.69, 9.17) is 27.6 Å². The summed E-state index contributed by atoms with van der Waals surface area (Å²) in [4.78, 5) is 29.0. The van der Waals surface area contributed by atoms with Crippen molar-refractivity contribution in [2.24, 2.45) is 0 Å². The maximum atomic E-state index is 13.7. The van der Waals surface area contributed by atoms with Gasteiger partial charge in [-0.15, -0.1) is 0 Å². The lowest BCUT2D eigenvalue weighted by Gasteiger charge is -2.26. The van der Waals surface area contributed by atoms with Gasteiger partial charge >= 0.3 is 0 Å². The number of halogens is 2. The third kappa shape index (κ3) is 3.71. The number of rotatable bonds is 4. The molecule has 5 rings (SSSR count). The fourth-order valence-electron chi connectivity index (χ4n) is 4.52. The molecule has 0 N–H and O–H groups in total. The van der Waals surface area contributed by atoms with Crippen molar-refractivity contribution in [3.63, 3.8) is 0 Å². The van der Waals surface area contributed by atoms with Crippen LogP contribution in [0.15, 0.2) is 69.9 Å². The maximum absolute atomic E-state index is 13.7. The van der Waals surface area contributed by atoms with Crippen LogP contribution in [-0.2, 0) is 6.54 Å². The number of benzene rings is 3. The van der Waals surface area contributed by atoms with E-state index in [2.05, 4.69) is 13.8 Å². The highest BCUT2D eigenvalue weighted by Gasteiger charge is 2.43. The lowest BCUT2D eigenvalue weighted by Crippen LogP contribution is -2.29. The molecule has 0 bridgehead atoms. The van der Waals surface area contributed by atoms with Crippen LogP contribution in [0.4, 0.5) is 0 Å². The van der Waals surface area contributed by atoms with Gasteiger partial charge in [0.05, 0.1) is 17.0 Å². The minimum atomic E-state index is -0.597. The van der Waals surface area contributed by atoms with Crippen molar-refractivity contribution in [3.05, 3.63) is 115 Å². The number of hydrogen-bond donors (Lipinski definition) is 0. The molecule has 1 amide bonds. The number of nitrogens with zero attached hydrogens (tertiary/aromatic N) is 1. The predicted molar refractivity (Wildman–Crippen MR) is 136 cm³/mol. The fraction of sp³-hybridized carbons (Fsp3) is 0.214. The molecule has 4 aromatic rings. The minimum Gasteiger partial charge on any atom is -0.450 e. The van der Waals surface area contributed by atoms with Crippen molar-refractivity contribution >= 4 is 40.1 Å². The molecule has 3 aromatic carbocycles. The summed E-state index contributed by atoms with van der Waals surface area (Å²) in [7, 11) is 0. The lowest BCUT2D eigenvalue weighted by molar-refractivity contribution is 0.0714. The Morgan fingerprint density at radius 1 is 0.971 bits per heavy atom. The first kappa shape index (κ1) is 22.7. The molecule has 172 valence electrons. The molecule has 0 radical (unpaired) electrons. The van der Waals surface area contributed by atoms with Crippen molar-refractivity contribution in [3.8, 4) is 0 Å². The summed E-state index contributed by atoms with van der Waals surface area (Å²) in [6, 6.07) is 18.2. The number of carbonyl (C=O) groups is 1. The molecular formula is C28H23Cl2NO3. The fourth-order valence-corrected chi connectivity index (χ4v) is 4.88. The zero-order chi connectivity index (χ0) is 24.1. The Bertz CT molecular complexity index is 1490. The zero-order valence-electron chi connectivity index (χ0n) is 19.1. The summed E-state index contributed by atoms with van der Waals surface area (Å²) in [5.41, 5.74) is 4.04. The quantitative estimate of drug-likeness (QED) is 0.301. The summed E-state index contributed by atoms with van der Waals surface area (Å²) < 4.78 is 6.06. The van der Waals surface area contributed by atoms with Crippen molar-refractivity contribution in [1.82, 2.24) is 4.90 Å². The summed E-state index contributed by atoms with van der Waals surface area (Å²) in [5.74, 6) is 0.105. The molecule has 6 heteroatoms. The van der Waals surface area contributed by atoms with Crippen LogP contribution in [0.1, 0.15) is 64.2 Å². The number of carbonyl (C=O) groups excluding carboxylic acids is 1. The van der Waals surface area contributed by atoms with Gasteiger partial charge in [0, 0.05) is 16.6 Å². The highest BCUT2D eigenvalue weighted by atomic mass is 35.5. The molecule has 0 saturated heterocycles. The van der Waals surface area contributed by atoms with Crippen LogP contribution in [0.3, 0.4) is 0 Å². The topological polar surface area (TPSA) is 50.5 Å². The summed E-state index contributed by atoms with van der Waals surface area (Å²) >= 11 is 12.7. The van der Waals surface area contributed by atoms with E-state index < -0.39 is 6.04 Å². The molecule has 0 spiro atoms. The van der Waals surface area contributed by atoms with Crippen molar-refractivity contribution in [1.29, 1.82) is 0 Å². The first-order chi connectivity index (χ1) is 16.3. The Kier molecular flexibility index (Phi) is 5.75. The van der Waals surface area contributed by atoms with Crippen LogP contribution in [0.2, 0.25) is 10.0 Å². The van der Waals surface area contributed by atoms with Crippen LogP contribution < -0.4 is 5.43 Å². The first-order valence-electron chi connectivity index (χ1n) is 11.2. The van der Waals surface area contributed by atoms with Gasteiger partial charge in [-0.2, -0.15) is 0 Å². The van der Waals surface area contributed by atoms with E-state index in [1.54, 1.807) is 23.1 Å². The SMILES string of the molecule is Cc1cc2oc3c(c(=O)c2cc1Cl)C(c1ccc(C(C)C)cc1)N(Cc1ccccc1Cl)C3=O. The van der Waals surface area contributed by atoms with Crippen LogP contribution >= 0.6 is 23.2 Å². The highest BCUT2D eigenvalue weighted by molar-refractivity contribution is 6.32. The molecule has 0 aliphatic carbocycles. The van der Waals surface area contributed by atoms with Crippen LogP contribution in [-0.4, -0.2) is 10.8 Å². The third-order valence-corrected chi connectivity index (χ3v) is 7.24. The smallest absolute Gasteiger partial charge is 0.291 e. The second-order valence-corrected chi connectivity index (χ2v) is 9.83. The Labute approximate surface area is 207 Å². The molecule has 0 saturated carbocycles. The van der Waals surface area contributed by atoms with E-state index >= 15 is 0 Å². The second kappa shape index (κ2) is 8.61. The number of hydrogen-bond acceptors (Lipinski definition) is 3. The van der Waals surface area contributed by atoms with Crippen LogP contribution in [0.5, 0.6) is 0 Å². The molecular weight excluding hydrogens is 469 g/mol. The average Bonchev–Trinajstić information content (AvgIpc) is 3.08. The van der Waals surface area contributed by atoms with E-state index in [0.29, 0.717) is 32.5 Å². The van der Waals surface area contributed by atoms with E-state index in [9.17, 15) is 9.59 Å². The van der Waals surface area contributed by atoms with Gasteiger partial charge in [-0.25, -0.2) is 0 Å². The van der Waals surface area contributed by atoms with Crippen molar-refractivity contribution in [2.75, 3.05) is 0 Å². The maximum Gasteiger partial charge on any atom is 0.291 e. The predicted octanol–water partition coefficient (Wildman–Crippen LogP) is 7.28. The monoisotopic (exact) mass is 491 g/mol. The first-order valence-corrected chi connectivity index (χ1v) is 11.9. The van der Waals surface area contributed by atoms with Crippen LogP contribution in [0, 0.1) is 6.92 Å². The van der Waals surface area contributed by atoms with E-state index in [-0.39, 0.29) is 23.6 Å². The molecule has 2 heterocycles. The van der Waals surface area contributed by atoms with Gasteiger partial charge in [-0.1, -0.05) is 79.5 Å². The standard InChI is InChI=1S/C28H23Cl2NO3/c1-15(2)17-8-10-18(11-9-17)25-24-26(32)20-13-22(30)16(3)12-23(20)34-27(24)28(33)31(25)14-19-6-4-5-7-21(19)29/h4-13,15,25H,14H2,1-3H3. The van der Waals surface area contributed by atoms with E-state index in [1.165, 1.54) is 5.56 Å². The molecule has 1 atom stereocenters. The van der Waals surface area contributed by atoms with Crippen molar-refractivity contribution < 1.29 is 9.21 Å². The largest absolute Gasteiger partial charge is 0.450 e. The molecule has 34 heavy (non-hydrogen) atoms. The molecule has 1 aromatic heterocycles. The Morgan fingerprint density at radius 3 is 2.35 bits per heavy atom. The van der Waals surface area contributed by atoms with Crippen molar-refractivity contribution in [2.45, 2.75) is 39.3 Å². The van der Waals surface area contributed by atoms with Gasteiger partial charge in [-0.05, 0) is 53.3 Å². The Balaban J connectivity index is 1.73. The summed E-state index contributed by atoms with van der Waals surface area (Å²) in [6.07, 6.45) is 0. The Morgan fingerprint density at radius 2 is 1.68 bits per heavy atom. The molecule has 1 aliphatic heterocycles. The third-order valence-electron chi connectivity index (χ3n) is 6.46. The minimum absolute atomic E-state index is 0.0733. The number of amides is 1. The zero-order valence-corrected chi connectivity index (χ0v) is 20.6. The molecule has 0 fully saturated rings. The second-order valence-electron chi connectivity index (χ2n) is 9.02. The van der Waals surface area contributed by atoms with Gasteiger partial charge in [0.15, 0.2) is 5.43 Å². The number of fused-ring (bicyclic) bond motifs is 2. The lowest BCUT2D eigenvalue weighted by atomic mass is 9.95. The Hall–Kier alpha value is -3.08.